The first-order chi connectivity index (χ1) is 8.93. The lowest BCUT2D eigenvalue weighted by Crippen LogP contribution is -2.59. The minimum Gasteiger partial charge on any atom is -0.623 e. The topological polar surface area (TPSA) is 53.8 Å². The molecule has 1 rings (SSSR count). The van der Waals surface area contributed by atoms with Gasteiger partial charge in [-0.15, -0.1) is 0 Å². The molecule has 0 fully saturated rings. The SMILES string of the molecule is COC(OC)(OC)C(C)(C)[N+]([O-])=Cc1ccccc1. The van der Waals surface area contributed by atoms with E-state index < -0.39 is 11.5 Å². The maximum absolute atomic E-state index is 12.4. The number of nitrogens with zero attached hydrogens (tertiary/aromatic N) is 1. The van der Waals surface area contributed by atoms with E-state index in [1.54, 1.807) is 13.8 Å². The van der Waals surface area contributed by atoms with Crippen LogP contribution in [-0.4, -0.2) is 43.8 Å². The Bertz CT molecular complexity index is 416. The summed E-state index contributed by atoms with van der Waals surface area (Å²) in [6.45, 7) is 3.38. The molecule has 0 N–H and O–H groups in total. The Kier molecular flexibility index (Phi) is 5.05. The minimum absolute atomic E-state index is 0.777. The summed E-state index contributed by atoms with van der Waals surface area (Å²) in [5.41, 5.74) is -0.274. The van der Waals surface area contributed by atoms with Gasteiger partial charge in [-0.1, -0.05) is 18.2 Å². The summed E-state index contributed by atoms with van der Waals surface area (Å²) in [6.07, 6.45) is 1.48. The van der Waals surface area contributed by atoms with Gasteiger partial charge in [0.2, 0.25) is 5.54 Å². The van der Waals surface area contributed by atoms with Gasteiger partial charge in [-0.2, -0.15) is 4.74 Å². The zero-order chi connectivity index (χ0) is 14.5. The molecule has 5 nitrogen and oxygen atoms in total. The van der Waals surface area contributed by atoms with Crippen LogP contribution in [-0.2, 0) is 14.2 Å². The standard InChI is InChI=1S/C14H21NO4/c1-13(2,14(17-3,18-4)19-5)15(16)11-12-9-7-6-8-10-12/h6-11H,1-5H3. The zero-order valence-electron chi connectivity index (χ0n) is 12.0. The molecule has 0 heterocycles. The molecule has 0 aromatic heterocycles. The fourth-order valence-electron chi connectivity index (χ4n) is 1.97. The van der Waals surface area contributed by atoms with E-state index in [0.29, 0.717) is 0 Å². The summed E-state index contributed by atoms with van der Waals surface area (Å²) in [4.78, 5) is 0. The van der Waals surface area contributed by atoms with E-state index in [4.69, 9.17) is 14.2 Å². The van der Waals surface area contributed by atoms with Gasteiger partial charge in [0, 0.05) is 40.7 Å². The van der Waals surface area contributed by atoms with Crippen molar-refractivity contribution < 1.29 is 18.9 Å². The maximum atomic E-state index is 12.4. The fourth-order valence-corrected chi connectivity index (χ4v) is 1.97. The van der Waals surface area contributed by atoms with Gasteiger partial charge in [-0.05, 0) is 12.1 Å². The Morgan fingerprint density at radius 2 is 1.47 bits per heavy atom. The Hall–Kier alpha value is -1.43. The number of hydroxylamine groups is 1. The number of methoxy groups -OCH3 is 3. The molecule has 0 saturated carbocycles. The van der Waals surface area contributed by atoms with Crippen LogP contribution in [0.2, 0.25) is 0 Å². The third-order valence-corrected chi connectivity index (χ3v) is 3.17. The first-order valence-electron chi connectivity index (χ1n) is 5.95. The van der Waals surface area contributed by atoms with Crippen LogP contribution in [0.3, 0.4) is 0 Å². The van der Waals surface area contributed by atoms with Crippen molar-refractivity contribution in [1.29, 1.82) is 0 Å². The van der Waals surface area contributed by atoms with Gasteiger partial charge < -0.3 is 19.4 Å². The molecule has 5 heteroatoms. The summed E-state index contributed by atoms with van der Waals surface area (Å²) in [7, 11) is 4.31. The molecule has 0 bridgehead atoms. The highest BCUT2D eigenvalue weighted by Gasteiger charge is 2.54. The summed E-state index contributed by atoms with van der Waals surface area (Å²) in [6, 6.07) is 9.30. The molecule has 0 atom stereocenters. The monoisotopic (exact) mass is 267 g/mol. The first kappa shape index (κ1) is 15.6. The number of ether oxygens (including phenoxy) is 3. The Balaban J connectivity index is 3.15. The molecule has 0 aliphatic carbocycles. The molecule has 19 heavy (non-hydrogen) atoms. The molecule has 0 aliphatic rings. The lowest BCUT2D eigenvalue weighted by molar-refractivity contribution is -0.615. The van der Waals surface area contributed by atoms with Crippen LogP contribution in [0, 0.1) is 5.21 Å². The molecule has 1 aromatic carbocycles. The Morgan fingerprint density at radius 1 is 1.00 bits per heavy atom. The highest BCUT2D eigenvalue weighted by Crippen LogP contribution is 2.30. The van der Waals surface area contributed by atoms with Gasteiger partial charge in [-0.25, -0.2) is 0 Å². The number of benzene rings is 1. The van der Waals surface area contributed by atoms with Crippen LogP contribution < -0.4 is 0 Å². The predicted molar refractivity (Wildman–Crippen MR) is 73.1 cm³/mol. The van der Waals surface area contributed by atoms with Crippen molar-refractivity contribution in [2.24, 2.45) is 0 Å². The lowest BCUT2D eigenvalue weighted by Gasteiger charge is -2.39. The van der Waals surface area contributed by atoms with Crippen LogP contribution in [0.5, 0.6) is 0 Å². The first-order valence-corrected chi connectivity index (χ1v) is 5.95. The largest absolute Gasteiger partial charge is 0.623 e. The van der Waals surface area contributed by atoms with Crippen molar-refractivity contribution in [3.8, 4) is 0 Å². The maximum Gasteiger partial charge on any atom is 0.351 e. The van der Waals surface area contributed by atoms with Crippen LogP contribution in [0.4, 0.5) is 0 Å². The average molecular weight is 267 g/mol. The molecule has 0 saturated heterocycles. The normalized spacial score (nSPS) is 13.6. The van der Waals surface area contributed by atoms with E-state index in [-0.39, 0.29) is 0 Å². The van der Waals surface area contributed by atoms with E-state index in [2.05, 4.69) is 0 Å². The highest BCUT2D eigenvalue weighted by atomic mass is 16.9. The quantitative estimate of drug-likeness (QED) is 0.260. The lowest BCUT2D eigenvalue weighted by atomic mass is 10.0. The van der Waals surface area contributed by atoms with Crippen molar-refractivity contribution in [3.05, 3.63) is 41.1 Å². The Labute approximate surface area is 114 Å². The molecule has 106 valence electrons. The van der Waals surface area contributed by atoms with Gasteiger partial charge in [0.1, 0.15) is 0 Å². The Morgan fingerprint density at radius 3 is 1.89 bits per heavy atom. The molecule has 0 radical (unpaired) electrons. The molecule has 0 spiro atoms. The van der Waals surface area contributed by atoms with Crippen molar-refractivity contribution >= 4 is 6.21 Å². The number of rotatable bonds is 6. The van der Waals surface area contributed by atoms with Crippen molar-refractivity contribution in [1.82, 2.24) is 0 Å². The van der Waals surface area contributed by atoms with Crippen LogP contribution in [0.1, 0.15) is 19.4 Å². The van der Waals surface area contributed by atoms with Crippen molar-refractivity contribution in [3.63, 3.8) is 0 Å². The highest BCUT2D eigenvalue weighted by molar-refractivity contribution is 5.75. The van der Waals surface area contributed by atoms with Gasteiger partial charge in [0.25, 0.3) is 0 Å². The second-order valence-electron chi connectivity index (χ2n) is 4.59. The van der Waals surface area contributed by atoms with Crippen LogP contribution in [0.25, 0.3) is 0 Å². The molecular weight excluding hydrogens is 246 g/mol. The van der Waals surface area contributed by atoms with E-state index in [0.717, 1.165) is 10.3 Å². The average Bonchev–Trinajstić information content (AvgIpc) is 2.42. The fraction of sp³-hybridized carbons (Fsp3) is 0.500. The molecule has 0 aliphatic heterocycles. The van der Waals surface area contributed by atoms with E-state index in [9.17, 15) is 5.21 Å². The predicted octanol–water partition coefficient (Wildman–Crippen LogP) is 1.99. The van der Waals surface area contributed by atoms with Gasteiger partial charge >= 0.3 is 5.97 Å². The van der Waals surface area contributed by atoms with Gasteiger partial charge in [-0.3, -0.25) is 0 Å². The van der Waals surface area contributed by atoms with Crippen LogP contribution in [0.15, 0.2) is 30.3 Å². The zero-order valence-corrected chi connectivity index (χ0v) is 12.0. The van der Waals surface area contributed by atoms with E-state index >= 15 is 0 Å². The molecule has 0 unspecified atom stereocenters. The molecule has 0 amide bonds. The van der Waals surface area contributed by atoms with Crippen molar-refractivity contribution in [2.45, 2.75) is 25.4 Å². The number of hydrogen-bond donors (Lipinski definition) is 0. The molecular formula is C14H21NO4. The van der Waals surface area contributed by atoms with E-state index in [1.807, 2.05) is 30.3 Å². The summed E-state index contributed by atoms with van der Waals surface area (Å²) >= 11 is 0. The van der Waals surface area contributed by atoms with E-state index in [1.165, 1.54) is 27.5 Å². The second-order valence-corrected chi connectivity index (χ2v) is 4.59. The third-order valence-electron chi connectivity index (χ3n) is 3.17. The minimum atomic E-state index is -1.44. The summed E-state index contributed by atoms with van der Waals surface area (Å²) < 4.78 is 16.5. The smallest absolute Gasteiger partial charge is 0.351 e. The summed E-state index contributed by atoms with van der Waals surface area (Å²) in [5.74, 6) is -1.44. The molecule has 1 aromatic rings. The van der Waals surface area contributed by atoms with Crippen molar-refractivity contribution in [2.75, 3.05) is 21.3 Å². The van der Waals surface area contributed by atoms with Gasteiger partial charge in [0.15, 0.2) is 6.21 Å². The second kappa shape index (κ2) is 6.14. The van der Waals surface area contributed by atoms with Gasteiger partial charge in [0.05, 0.1) is 0 Å². The van der Waals surface area contributed by atoms with Crippen LogP contribution >= 0.6 is 0 Å². The number of hydrogen-bond acceptors (Lipinski definition) is 4. The summed E-state index contributed by atoms with van der Waals surface area (Å²) in [5, 5.41) is 12.4. The third kappa shape index (κ3) is 2.94.